The van der Waals surface area contributed by atoms with Crippen LogP contribution in [0.2, 0.25) is 0 Å². The van der Waals surface area contributed by atoms with E-state index in [4.69, 9.17) is 9.47 Å². The van der Waals surface area contributed by atoms with Crippen LogP contribution in [0.5, 0.6) is 0 Å². The Morgan fingerprint density at radius 1 is 1.00 bits per heavy atom. The molecule has 0 radical (unpaired) electrons. The van der Waals surface area contributed by atoms with Gasteiger partial charge in [-0.2, -0.15) is 0 Å². The first-order chi connectivity index (χ1) is 16.3. The Labute approximate surface area is 208 Å². The van der Waals surface area contributed by atoms with Crippen molar-refractivity contribution in [3.8, 4) is 0 Å². The summed E-state index contributed by atoms with van der Waals surface area (Å²) >= 11 is 0. The van der Waals surface area contributed by atoms with Gasteiger partial charge >= 0.3 is 12.1 Å². The number of carbonyl (C=O) groups excluding carboxylic acids is 4. The standard InChI is InChI=1S/C26H41N3O6/c1-9-19-11-13-20(14-12-19)22(23(31)27-16-15-21(30)34-10-2)29(17(3)4)24(32)18(5)28-25(33)35-26(6,7)8/h11-14,17-18,22H,9-10,15-16H2,1-8H3,(H,27,31)(H,28,33). The minimum atomic E-state index is -0.960. The summed E-state index contributed by atoms with van der Waals surface area (Å²) < 4.78 is 10.2. The first kappa shape index (κ1) is 29.9. The summed E-state index contributed by atoms with van der Waals surface area (Å²) in [7, 11) is 0. The lowest BCUT2D eigenvalue weighted by Crippen LogP contribution is -2.54. The molecule has 9 nitrogen and oxygen atoms in total. The number of ether oxygens (including phenoxy) is 2. The van der Waals surface area contributed by atoms with Crippen LogP contribution in [0.3, 0.4) is 0 Å². The van der Waals surface area contributed by atoms with Gasteiger partial charge in [-0.15, -0.1) is 0 Å². The predicted octanol–water partition coefficient (Wildman–Crippen LogP) is 3.51. The second-order valence-corrected chi connectivity index (χ2v) is 9.55. The topological polar surface area (TPSA) is 114 Å². The van der Waals surface area contributed by atoms with Crippen molar-refractivity contribution in [2.24, 2.45) is 0 Å². The van der Waals surface area contributed by atoms with Crippen LogP contribution >= 0.6 is 0 Å². The highest BCUT2D eigenvalue weighted by molar-refractivity contribution is 5.92. The van der Waals surface area contributed by atoms with E-state index < -0.39 is 41.6 Å². The first-order valence-electron chi connectivity index (χ1n) is 12.1. The number of hydrogen-bond donors (Lipinski definition) is 2. The van der Waals surface area contributed by atoms with Crippen LogP contribution in [0.1, 0.15) is 79.0 Å². The molecule has 0 spiro atoms. The van der Waals surface area contributed by atoms with E-state index in [9.17, 15) is 19.2 Å². The number of nitrogens with one attached hydrogen (secondary N) is 2. The molecule has 0 aliphatic carbocycles. The number of rotatable bonds is 11. The molecule has 1 aromatic rings. The van der Waals surface area contributed by atoms with E-state index in [1.807, 2.05) is 31.2 Å². The van der Waals surface area contributed by atoms with Crippen LogP contribution in [0, 0.1) is 0 Å². The normalized spacial score (nSPS) is 12.9. The zero-order valence-electron chi connectivity index (χ0n) is 22.3. The van der Waals surface area contributed by atoms with Crippen molar-refractivity contribution < 1.29 is 28.7 Å². The average molecular weight is 492 g/mol. The molecule has 1 rings (SSSR count). The number of amides is 3. The Morgan fingerprint density at radius 2 is 1.60 bits per heavy atom. The van der Waals surface area contributed by atoms with Crippen LogP contribution < -0.4 is 10.6 Å². The van der Waals surface area contributed by atoms with Crippen molar-refractivity contribution in [3.63, 3.8) is 0 Å². The number of hydrogen-bond acceptors (Lipinski definition) is 6. The van der Waals surface area contributed by atoms with Gasteiger partial charge in [0.2, 0.25) is 11.8 Å². The highest BCUT2D eigenvalue weighted by Crippen LogP contribution is 2.25. The van der Waals surface area contributed by atoms with Gasteiger partial charge in [-0.1, -0.05) is 31.2 Å². The fraction of sp³-hybridized carbons (Fsp3) is 0.615. The van der Waals surface area contributed by atoms with Gasteiger partial charge in [0.25, 0.3) is 0 Å². The van der Waals surface area contributed by atoms with Gasteiger partial charge < -0.3 is 25.0 Å². The third kappa shape index (κ3) is 9.96. The van der Waals surface area contributed by atoms with Crippen LogP contribution in [0.25, 0.3) is 0 Å². The van der Waals surface area contributed by atoms with Gasteiger partial charge in [0.1, 0.15) is 17.7 Å². The number of esters is 1. The minimum absolute atomic E-state index is 0.0211. The molecule has 0 saturated heterocycles. The maximum Gasteiger partial charge on any atom is 0.408 e. The highest BCUT2D eigenvalue weighted by Gasteiger charge is 2.36. The summed E-state index contributed by atoms with van der Waals surface area (Å²) in [6.07, 6.45) is 0.137. The van der Waals surface area contributed by atoms with Crippen molar-refractivity contribution >= 4 is 23.9 Å². The molecule has 2 atom stereocenters. The molecule has 0 aromatic heterocycles. The lowest BCUT2D eigenvalue weighted by atomic mass is 9.99. The summed E-state index contributed by atoms with van der Waals surface area (Å²) in [5, 5.41) is 5.32. The molecule has 0 aliphatic rings. The fourth-order valence-corrected chi connectivity index (χ4v) is 3.44. The van der Waals surface area contributed by atoms with Crippen LogP contribution in [-0.4, -0.2) is 59.6 Å². The zero-order chi connectivity index (χ0) is 26.8. The summed E-state index contributed by atoms with van der Waals surface area (Å²) in [5.41, 5.74) is 1.01. The van der Waals surface area contributed by atoms with Gasteiger partial charge in [-0.3, -0.25) is 14.4 Å². The second-order valence-electron chi connectivity index (χ2n) is 9.55. The number of carbonyl (C=O) groups is 4. The molecule has 196 valence electrons. The molecule has 35 heavy (non-hydrogen) atoms. The van der Waals surface area contributed by atoms with Crippen LogP contribution in [0.15, 0.2) is 24.3 Å². The average Bonchev–Trinajstić information content (AvgIpc) is 2.75. The third-order valence-electron chi connectivity index (χ3n) is 5.08. The van der Waals surface area contributed by atoms with Gasteiger partial charge in [0.15, 0.2) is 0 Å². The molecule has 3 amide bonds. The highest BCUT2D eigenvalue weighted by atomic mass is 16.6. The summed E-state index contributed by atoms with van der Waals surface area (Å²) in [6.45, 7) is 14.4. The van der Waals surface area contributed by atoms with E-state index in [0.29, 0.717) is 5.56 Å². The van der Waals surface area contributed by atoms with E-state index >= 15 is 0 Å². The molecule has 2 N–H and O–H groups in total. The zero-order valence-corrected chi connectivity index (χ0v) is 22.3. The number of aryl methyl sites for hydroxylation is 1. The number of benzene rings is 1. The number of alkyl carbamates (subject to hydrolysis) is 1. The molecule has 9 heteroatoms. The molecule has 0 bridgehead atoms. The second kappa shape index (κ2) is 13.7. The van der Waals surface area contributed by atoms with E-state index in [1.165, 1.54) is 4.90 Å². The number of nitrogens with zero attached hydrogens (tertiary/aromatic N) is 1. The molecule has 0 heterocycles. The molecule has 1 aromatic carbocycles. The Kier molecular flexibility index (Phi) is 11.7. The first-order valence-corrected chi connectivity index (χ1v) is 12.1. The Hall–Kier alpha value is -3.10. The van der Waals surface area contributed by atoms with Crippen molar-refractivity contribution in [1.82, 2.24) is 15.5 Å². The molecule has 0 saturated carbocycles. The van der Waals surface area contributed by atoms with E-state index in [0.717, 1.165) is 12.0 Å². The summed E-state index contributed by atoms with van der Waals surface area (Å²) in [4.78, 5) is 52.2. The molecule has 0 aliphatic heterocycles. The van der Waals surface area contributed by atoms with E-state index in [1.54, 1.807) is 48.5 Å². The van der Waals surface area contributed by atoms with Crippen molar-refractivity contribution in [2.45, 2.75) is 92.0 Å². The lowest BCUT2D eigenvalue weighted by Gasteiger charge is -2.36. The van der Waals surface area contributed by atoms with Crippen molar-refractivity contribution in [2.75, 3.05) is 13.2 Å². The summed E-state index contributed by atoms with van der Waals surface area (Å²) in [5.74, 6) is -1.27. The van der Waals surface area contributed by atoms with Gasteiger partial charge in [-0.05, 0) is 66.0 Å². The monoisotopic (exact) mass is 491 g/mol. The molecule has 2 unspecified atom stereocenters. The SMILES string of the molecule is CCOC(=O)CCNC(=O)C(c1ccc(CC)cc1)N(C(=O)C(C)NC(=O)OC(C)(C)C)C(C)C. The maximum atomic E-state index is 13.5. The van der Waals surface area contributed by atoms with Gasteiger partial charge in [0.05, 0.1) is 13.0 Å². The van der Waals surface area contributed by atoms with Crippen LogP contribution in [0.4, 0.5) is 4.79 Å². The Bertz CT molecular complexity index is 861. The molecular formula is C26H41N3O6. The largest absolute Gasteiger partial charge is 0.466 e. The minimum Gasteiger partial charge on any atom is -0.466 e. The van der Waals surface area contributed by atoms with Crippen molar-refractivity contribution in [1.29, 1.82) is 0 Å². The van der Waals surface area contributed by atoms with E-state index in [2.05, 4.69) is 10.6 Å². The molecular weight excluding hydrogens is 450 g/mol. The Morgan fingerprint density at radius 3 is 2.09 bits per heavy atom. The molecule has 0 fully saturated rings. The third-order valence-corrected chi connectivity index (χ3v) is 5.08. The lowest BCUT2D eigenvalue weighted by molar-refractivity contribution is -0.145. The maximum absolute atomic E-state index is 13.5. The Balaban J connectivity index is 3.21. The van der Waals surface area contributed by atoms with Crippen molar-refractivity contribution in [3.05, 3.63) is 35.4 Å². The van der Waals surface area contributed by atoms with Crippen LogP contribution in [-0.2, 0) is 30.3 Å². The van der Waals surface area contributed by atoms with Gasteiger partial charge in [0, 0.05) is 12.6 Å². The summed E-state index contributed by atoms with van der Waals surface area (Å²) in [6, 6.07) is 5.22. The van der Waals surface area contributed by atoms with Gasteiger partial charge in [-0.25, -0.2) is 4.79 Å². The smallest absolute Gasteiger partial charge is 0.408 e. The quantitative estimate of drug-likeness (QED) is 0.458. The predicted molar refractivity (Wildman–Crippen MR) is 134 cm³/mol. The fourth-order valence-electron chi connectivity index (χ4n) is 3.44. The van der Waals surface area contributed by atoms with E-state index in [-0.39, 0.29) is 25.6 Å².